The molecule has 6 nitrogen and oxygen atoms in total. The summed E-state index contributed by atoms with van der Waals surface area (Å²) in [6, 6.07) is 14.5. The number of carboxylic acids is 1. The first-order valence-electron chi connectivity index (χ1n) is 7.10. The zero-order chi connectivity index (χ0) is 16.7. The van der Waals surface area contributed by atoms with E-state index in [2.05, 4.69) is 10.1 Å². The highest BCUT2D eigenvalue weighted by Gasteiger charge is 2.17. The Morgan fingerprint density at radius 3 is 2.71 bits per heavy atom. The maximum absolute atomic E-state index is 11.1. The van der Waals surface area contributed by atoms with E-state index >= 15 is 0 Å². The van der Waals surface area contributed by atoms with Gasteiger partial charge in [0.1, 0.15) is 11.4 Å². The number of phenolic OH excluding ortho intramolecular Hbond substituents is 1. The van der Waals surface area contributed by atoms with Gasteiger partial charge in [-0.3, -0.25) is 0 Å². The molecule has 2 N–H and O–H groups in total. The van der Waals surface area contributed by atoms with Gasteiger partial charge in [-0.15, -0.1) is 11.3 Å². The maximum atomic E-state index is 11.1. The van der Waals surface area contributed by atoms with Crippen LogP contribution in [0, 0.1) is 0 Å². The fourth-order valence-corrected chi connectivity index (χ4v) is 3.30. The van der Waals surface area contributed by atoms with Gasteiger partial charge in [-0.05, 0) is 18.2 Å². The molecule has 2 aromatic heterocycles. The van der Waals surface area contributed by atoms with E-state index in [1.54, 1.807) is 22.9 Å². The van der Waals surface area contributed by atoms with Crippen LogP contribution in [0.1, 0.15) is 10.5 Å². The van der Waals surface area contributed by atoms with E-state index in [9.17, 15) is 9.90 Å². The Balaban J connectivity index is 1.95. The molecule has 0 aliphatic heterocycles. The van der Waals surface area contributed by atoms with E-state index in [4.69, 9.17) is 5.11 Å². The van der Waals surface area contributed by atoms with Gasteiger partial charge in [-0.2, -0.15) is 5.10 Å². The molecule has 4 aromatic rings. The average molecular weight is 337 g/mol. The molecular weight excluding hydrogens is 326 g/mol. The Hall–Kier alpha value is -3.19. The number of benzene rings is 2. The minimum Gasteiger partial charge on any atom is -0.508 e. The molecule has 0 saturated heterocycles. The summed E-state index contributed by atoms with van der Waals surface area (Å²) in [5.74, 6) is -0.907. The molecule has 4 rings (SSSR count). The number of carboxylic acid groups (broad SMARTS) is 1. The van der Waals surface area contributed by atoms with Crippen LogP contribution >= 0.6 is 11.3 Å². The van der Waals surface area contributed by atoms with Crippen LogP contribution in [0.2, 0.25) is 0 Å². The lowest BCUT2D eigenvalue weighted by atomic mass is 10.1. The van der Waals surface area contributed by atoms with Gasteiger partial charge in [0, 0.05) is 16.3 Å². The number of rotatable bonds is 3. The van der Waals surface area contributed by atoms with Crippen LogP contribution in [0.3, 0.4) is 0 Å². The Kier molecular flexibility index (Phi) is 3.28. The van der Waals surface area contributed by atoms with Crippen LogP contribution in [0.25, 0.3) is 27.3 Å². The molecule has 2 heterocycles. The second kappa shape index (κ2) is 5.47. The van der Waals surface area contributed by atoms with Crippen molar-refractivity contribution in [2.24, 2.45) is 0 Å². The third-order valence-corrected chi connectivity index (χ3v) is 4.42. The van der Waals surface area contributed by atoms with Crippen LogP contribution in [0.15, 0.2) is 53.9 Å². The lowest BCUT2D eigenvalue weighted by Gasteiger charge is -1.98. The summed E-state index contributed by atoms with van der Waals surface area (Å²) >= 11 is 1.22. The number of aromatic carboxylic acids is 1. The van der Waals surface area contributed by atoms with E-state index in [1.165, 1.54) is 16.7 Å². The summed E-state index contributed by atoms with van der Waals surface area (Å²) in [6.45, 7) is 0. The van der Waals surface area contributed by atoms with Gasteiger partial charge in [0.25, 0.3) is 0 Å². The van der Waals surface area contributed by atoms with E-state index in [0.717, 1.165) is 16.5 Å². The number of thiazole rings is 1. The van der Waals surface area contributed by atoms with E-state index in [1.807, 2.05) is 30.3 Å². The molecule has 0 atom stereocenters. The van der Waals surface area contributed by atoms with Crippen LogP contribution in [0.4, 0.5) is 0 Å². The fourth-order valence-electron chi connectivity index (χ4n) is 2.54. The van der Waals surface area contributed by atoms with Gasteiger partial charge in [-0.1, -0.05) is 30.3 Å². The summed E-state index contributed by atoms with van der Waals surface area (Å²) < 4.78 is 1.63. The second-order valence-electron chi connectivity index (χ2n) is 5.15. The van der Waals surface area contributed by atoms with Gasteiger partial charge in [0.05, 0.1) is 5.52 Å². The van der Waals surface area contributed by atoms with Crippen LogP contribution in [-0.4, -0.2) is 30.9 Å². The highest BCUT2D eigenvalue weighted by atomic mass is 32.1. The molecule has 24 heavy (non-hydrogen) atoms. The van der Waals surface area contributed by atoms with Crippen molar-refractivity contribution in [3.8, 4) is 22.1 Å². The summed E-state index contributed by atoms with van der Waals surface area (Å²) in [7, 11) is 0. The van der Waals surface area contributed by atoms with Crippen molar-refractivity contribution in [3.05, 3.63) is 59.6 Å². The third-order valence-electron chi connectivity index (χ3n) is 3.60. The standard InChI is InChI=1S/C17H11N3O3S/c21-11-5-3-4-10(8-11)15-12-6-1-2-7-14(12)20(19-15)17-18-13(9-24-17)16(22)23/h1-9,21H,(H,22,23). The van der Waals surface area contributed by atoms with Crippen molar-refractivity contribution in [1.82, 2.24) is 14.8 Å². The van der Waals surface area contributed by atoms with E-state index in [0.29, 0.717) is 10.8 Å². The summed E-state index contributed by atoms with van der Waals surface area (Å²) in [6.07, 6.45) is 0. The molecular formula is C17H11N3O3S. The molecule has 0 radical (unpaired) electrons. The molecule has 0 spiro atoms. The quantitative estimate of drug-likeness (QED) is 0.597. The smallest absolute Gasteiger partial charge is 0.355 e. The normalized spacial score (nSPS) is 11.0. The number of aromatic nitrogens is 3. The van der Waals surface area contributed by atoms with Crippen LogP contribution < -0.4 is 0 Å². The van der Waals surface area contributed by atoms with E-state index in [-0.39, 0.29) is 11.4 Å². The summed E-state index contributed by atoms with van der Waals surface area (Å²) in [4.78, 5) is 15.2. The Labute approximate surface area is 140 Å². The van der Waals surface area contributed by atoms with Crippen LogP contribution in [-0.2, 0) is 0 Å². The lowest BCUT2D eigenvalue weighted by molar-refractivity contribution is 0.0691. The lowest BCUT2D eigenvalue weighted by Crippen LogP contribution is -2.00. The first-order valence-corrected chi connectivity index (χ1v) is 7.98. The van der Waals surface area contributed by atoms with Gasteiger partial charge in [0.2, 0.25) is 5.13 Å². The van der Waals surface area contributed by atoms with Gasteiger partial charge >= 0.3 is 5.97 Å². The van der Waals surface area contributed by atoms with Crippen molar-refractivity contribution in [3.63, 3.8) is 0 Å². The van der Waals surface area contributed by atoms with Gasteiger partial charge < -0.3 is 10.2 Å². The summed E-state index contributed by atoms with van der Waals surface area (Å²) in [5, 5.41) is 26.3. The number of nitrogens with zero attached hydrogens (tertiary/aromatic N) is 3. The molecule has 0 unspecified atom stereocenters. The monoisotopic (exact) mass is 337 g/mol. The Morgan fingerprint density at radius 1 is 1.12 bits per heavy atom. The third kappa shape index (κ3) is 2.31. The molecule has 7 heteroatoms. The molecule has 0 bridgehead atoms. The molecule has 2 aromatic carbocycles. The van der Waals surface area contributed by atoms with Crippen molar-refractivity contribution in [1.29, 1.82) is 0 Å². The molecule has 118 valence electrons. The molecule has 0 aliphatic rings. The van der Waals surface area contributed by atoms with E-state index < -0.39 is 5.97 Å². The maximum Gasteiger partial charge on any atom is 0.355 e. The Morgan fingerprint density at radius 2 is 1.96 bits per heavy atom. The first kappa shape index (κ1) is 14.4. The number of carbonyl (C=O) groups is 1. The topological polar surface area (TPSA) is 88.2 Å². The van der Waals surface area contributed by atoms with Crippen LogP contribution in [0.5, 0.6) is 5.75 Å². The molecule has 0 saturated carbocycles. The summed E-state index contributed by atoms with van der Waals surface area (Å²) in [5.41, 5.74) is 2.30. The van der Waals surface area contributed by atoms with Crippen molar-refractivity contribution in [2.75, 3.05) is 0 Å². The SMILES string of the molecule is O=C(O)c1csc(-n2nc(-c3cccc(O)c3)c3ccccc32)n1. The van der Waals surface area contributed by atoms with Gasteiger partial charge in [0.15, 0.2) is 5.69 Å². The number of phenols is 1. The average Bonchev–Trinajstić information content (AvgIpc) is 3.19. The zero-order valence-corrected chi connectivity index (χ0v) is 13.1. The highest BCUT2D eigenvalue weighted by molar-refractivity contribution is 7.12. The number of aromatic hydroxyl groups is 1. The van der Waals surface area contributed by atoms with Crippen molar-refractivity contribution >= 4 is 28.2 Å². The molecule has 0 amide bonds. The molecule has 0 fully saturated rings. The number of para-hydroxylation sites is 1. The second-order valence-corrected chi connectivity index (χ2v) is 5.98. The number of hydrogen-bond donors (Lipinski definition) is 2. The number of hydrogen-bond acceptors (Lipinski definition) is 5. The largest absolute Gasteiger partial charge is 0.508 e. The zero-order valence-electron chi connectivity index (χ0n) is 12.2. The highest BCUT2D eigenvalue weighted by Crippen LogP contribution is 2.31. The molecule has 0 aliphatic carbocycles. The van der Waals surface area contributed by atoms with Crippen molar-refractivity contribution < 1.29 is 15.0 Å². The fraction of sp³-hybridized carbons (Fsp3) is 0. The minimum atomic E-state index is -1.07. The van der Waals surface area contributed by atoms with Crippen molar-refractivity contribution in [2.45, 2.75) is 0 Å². The first-order chi connectivity index (χ1) is 11.6. The Bertz CT molecular complexity index is 1070. The van der Waals surface area contributed by atoms with Gasteiger partial charge in [-0.25, -0.2) is 14.5 Å². The minimum absolute atomic E-state index is 0.00603. The predicted octanol–water partition coefficient (Wildman–Crippen LogP) is 3.55. The predicted molar refractivity (Wildman–Crippen MR) is 90.8 cm³/mol. The number of fused-ring (bicyclic) bond motifs is 1.